The molecule has 0 unspecified atom stereocenters. The number of anilines is 1. The van der Waals surface area contributed by atoms with E-state index in [4.69, 9.17) is 16.3 Å². The highest BCUT2D eigenvalue weighted by atomic mass is 35.5. The number of urea groups is 1. The van der Waals surface area contributed by atoms with Crippen molar-refractivity contribution in [2.75, 3.05) is 12.4 Å². The second kappa shape index (κ2) is 6.84. The maximum absolute atomic E-state index is 12.1. The van der Waals surface area contributed by atoms with E-state index in [1.54, 1.807) is 25.3 Å². The average Bonchev–Trinajstić information content (AvgIpc) is 2.41. The number of methoxy groups -OCH3 is 1. The minimum absolute atomic E-state index is 0.204. The molecule has 5 heteroatoms. The van der Waals surface area contributed by atoms with E-state index in [9.17, 15) is 4.79 Å². The Kier molecular flexibility index (Phi) is 5.12. The molecule has 0 saturated heterocycles. The predicted molar refractivity (Wildman–Crippen MR) is 81.6 cm³/mol. The summed E-state index contributed by atoms with van der Waals surface area (Å²) >= 11 is 5.95. The summed E-state index contributed by atoms with van der Waals surface area (Å²) in [7, 11) is 1.57. The highest BCUT2D eigenvalue weighted by Crippen LogP contribution is 2.28. The van der Waals surface area contributed by atoms with E-state index in [0.29, 0.717) is 22.4 Å². The van der Waals surface area contributed by atoms with Crippen LogP contribution in [0, 0.1) is 5.92 Å². The van der Waals surface area contributed by atoms with Gasteiger partial charge in [-0.2, -0.15) is 0 Å². The maximum Gasteiger partial charge on any atom is 0.319 e. The van der Waals surface area contributed by atoms with E-state index in [1.807, 2.05) is 0 Å². The minimum Gasteiger partial charge on any atom is -0.495 e. The van der Waals surface area contributed by atoms with Crippen LogP contribution in [-0.4, -0.2) is 19.2 Å². The number of carbonyl (C=O) groups excluding carboxylic acids is 1. The molecule has 2 N–H and O–H groups in total. The van der Waals surface area contributed by atoms with Gasteiger partial charge in [-0.3, -0.25) is 0 Å². The molecule has 0 radical (unpaired) electrons. The topological polar surface area (TPSA) is 50.4 Å². The molecule has 110 valence electrons. The van der Waals surface area contributed by atoms with E-state index in [0.717, 1.165) is 6.42 Å². The van der Waals surface area contributed by atoms with E-state index in [-0.39, 0.29) is 12.1 Å². The van der Waals surface area contributed by atoms with Gasteiger partial charge in [0, 0.05) is 11.1 Å². The third-order valence-electron chi connectivity index (χ3n) is 3.84. The van der Waals surface area contributed by atoms with Crippen molar-refractivity contribution in [1.29, 1.82) is 0 Å². The molecule has 0 spiro atoms. The van der Waals surface area contributed by atoms with Crippen molar-refractivity contribution in [2.45, 2.75) is 38.6 Å². The van der Waals surface area contributed by atoms with Gasteiger partial charge in [0.25, 0.3) is 0 Å². The first kappa shape index (κ1) is 15.0. The molecule has 1 aliphatic carbocycles. The van der Waals surface area contributed by atoms with Crippen LogP contribution in [0.4, 0.5) is 10.5 Å². The number of halogens is 1. The number of benzene rings is 1. The molecule has 0 aliphatic heterocycles. The second-order valence-corrected chi connectivity index (χ2v) is 5.75. The Balaban J connectivity index is 1.99. The van der Waals surface area contributed by atoms with Crippen molar-refractivity contribution < 1.29 is 9.53 Å². The summed E-state index contributed by atoms with van der Waals surface area (Å²) in [5.74, 6) is 1.12. The zero-order chi connectivity index (χ0) is 14.5. The molecule has 20 heavy (non-hydrogen) atoms. The Morgan fingerprint density at radius 3 is 2.80 bits per heavy atom. The number of hydrogen-bond donors (Lipinski definition) is 2. The normalized spacial score (nSPS) is 22.1. The summed E-state index contributed by atoms with van der Waals surface area (Å²) in [6.07, 6.45) is 4.64. The Hall–Kier alpha value is -1.42. The monoisotopic (exact) mass is 296 g/mol. The van der Waals surface area contributed by atoms with Crippen molar-refractivity contribution >= 4 is 23.3 Å². The van der Waals surface area contributed by atoms with Gasteiger partial charge in [0.2, 0.25) is 0 Å². The fourth-order valence-electron chi connectivity index (χ4n) is 2.64. The van der Waals surface area contributed by atoms with E-state index in [1.165, 1.54) is 19.3 Å². The van der Waals surface area contributed by atoms with Crippen LogP contribution in [0.2, 0.25) is 5.02 Å². The molecule has 0 aromatic heterocycles. The molecule has 0 heterocycles. The summed E-state index contributed by atoms with van der Waals surface area (Å²) in [5, 5.41) is 6.41. The summed E-state index contributed by atoms with van der Waals surface area (Å²) in [5.41, 5.74) is 0.584. The zero-order valence-electron chi connectivity index (χ0n) is 11.9. The first-order chi connectivity index (χ1) is 9.60. The SMILES string of the molecule is COc1ccc(Cl)cc1NC(=O)N[C@@H]1CCCC[C@H]1C. The lowest BCUT2D eigenvalue weighted by molar-refractivity contribution is 0.232. The number of nitrogens with one attached hydrogen (secondary N) is 2. The Bertz CT molecular complexity index is 479. The van der Waals surface area contributed by atoms with Gasteiger partial charge >= 0.3 is 6.03 Å². The lowest BCUT2D eigenvalue weighted by Crippen LogP contribution is -2.43. The lowest BCUT2D eigenvalue weighted by atomic mass is 9.86. The zero-order valence-corrected chi connectivity index (χ0v) is 12.7. The van der Waals surface area contributed by atoms with Crippen LogP contribution in [-0.2, 0) is 0 Å². The molecule has 1 fully saturated rings. The molecule has 1 aliphatic rings. The molecule has 4 nitrogen and oxygen atoms in total. The summed E-state index contributed by atoms with van der Waals surface area (Å²) in [6.45, 7) is 2.18. The van der Waals surface area contributed by atoms with Gasteiger partial charge in [-0.15, -0.1) is 0 Å². The van der Waals surface area contributed by atoms with Gasteiger partial charge in [0.15, 0.2) is 0 Å². The summed E-state index contributed by atoms with van der Waals surface area (Å²) in [6, 6.07) is 5.19. The van der Waals surface area contributed by atoms with Crippen LogP contribution >= 0.6 is 11.6 Å². The predicted octanol–water partition coefficient (Wildman–Crippen LogP) is 4.05. The molecule has 1 aromatic carbocycles. The number of amides is 2. The Morgan fingerprint density at radius 1 is 1.35 bits per heavy atom. The van der Waals surface area contributed by atoms with Crippen molar-refractivity contribution in [1.82, 2.24) is 5.32 Å². The highest BCUT2D eigenvalue weighted by Gasteiger charge is 2.23. The summed E-state index contributed by atoms with van der Waals surface area (Å²) in [4.78, 5) is 12.1. The number of hydrogen-bond acceptors (Lipinski definition) is 2. The summed E-state index contributed by atoms with van der Waals surface area (Å²) < 4.78 is 5.21. The van der Waals surface area contributed by atoms with Crippen molar-refractivity contribution in [2.24, 2.45) is 5.92 Å². The average molecular weight is 297 g/mol. The van der Waals surface area contributed by atoms with Crippen LogP contribution in [0.1, 0.15) is 32.6 Å². The van der Waals surface area contributed by atoms with Gasteiger partial charge in [0.1, 0.15) is 5.75 Å². The smallest absolute Gasteiger partial charge is 0.319 e. The number of ether oxygens (including phenoxy) is 1. The fourth-order valence-corrected chi connectivity index (χ4v) is 2.81. The van der Waals surface area contributed by atoms with Crippen LogP contribution < -0.4 is 15.4 Å². The van der Waals surface area contributed by atoms with Gasteiger partial charge < -0.3 is 15.4 Å². The van der Waals surface area contributed by atoms with E-state index < -0.39 is 0 Å². The standard InChI is InChI=1S/C15H21ClN2O2/c1-10-5-3-4-6-12(10)17-15(19)18-13-9-11(16)7-8-14(13)20-2/h7-10,12H,3-6H2,1-2H3,(H2,17,18,19)/t10-,12-/m1/s1. The van der Waals surface area contributed by atoms with Gasteiger partial charge in [-0.1, -0.05) is 31.4 Å². The van der Waals surface area contributed by atoms with Gasteiger partial charge in [0.05, 0.1) is 12.8 Å². The quantitative estimate of drug-likeness (QED) is 0.884. The first-order valence-corrected chi connectivity index (χ1v) is 7.39. The molecule has 2 atom stereocenters. The van der Waals surface area contributed by atoms with Crippen molar-refractivity contribution in [3.8, 4) is 5.75 Å². The second-order valence-electron chi connectivity index (χ2n) is 5.31. The van der Waals surface area contributed by atoms with Crippen LogP contribution in [0.25, 0.3) is 0 Å². The van der Waals surface area contributed by atoms with Crippen LogP contribution in [0.5, 0.6) is 5.75 Å². The van der Waals surface area contributed by atoms with Crippen molar-refractivity contribution in [3.63, 3.8) is 0 Å². The molecule has 1 saturated carbocycles. The molecule has 2 rings (SSSR count). The molecular weight excluding hydrogens is 276 g/mol. The highest BCUT2D eigenvalue weighted by molar-refractivity contribution is 6.31. The van der Waals surface area contributed by atoms with E-state index in [2.05, 4.69) is 17.6 Å². The molecule has 1 aromatic rings. The van der Waals surface area contributed by atoms with Crippen LogP contribution in [0.15, 0.2) is 18.2 Å². The third kappa shape index (κ3) is 3.79. The molecule has 2 amide bonds. The largest absolute Gasteiger partial charge is 0.495 e. The fraction of sp³-hybridized carbons (Fsp3) is 0.533. The Labute approximate surface area is 124 Å². The number of rotatable bonds is 3. The van der Waals surface area contributed by atoms with E-state index >= 15 is 0 Å². The molecule has 0 bridgehead atoms. The van der Waals surface area contributed by atoms with Crippen LogP contribution in [0.3, 0.4) is 0 Å². The Morgan fingerprint density at radius 2 is 2.10 bits per heavy atom. The number of carbonyl (C=O) groups is 1. The molecular formula is C15H21ClN2O2. The third-order valence-corrected chi connectivity index (χ3v) is 4.07. The minimum atomic E-state index is -0.204. The lowest BCUT2D eigenvalue weighted by Gasteiger charge is -2.29. The maximum atomic E-state index is 12.1. The van der Waals surface area contributed by atoms with Gasteiger partial charge in [-0.05, 0) is 37.0 Å². The van der Waals surface area contributed by atoms with Gasteiger partial charge in [-0.25, -0.2) is 4.79 Å². The van der Waals surface area contributed by atoms with Crippen molar-refractivity contribution in [3.05, 3.63) is 23.2 Å². The first-order valence-electron chi connectivity index (χ1n) is 7.01.